The first-order chi connectivity index (χ1) is 16.8. The largest absolute Gasteiger partial charge is 0.481 e. The van der Waals surface area contributed by atoms with Crippen molar-refractivity contribution in [1.82, 2.24) is 9.97 Å². The average molecular weight is 517 g/mol. The molecule has 2 aromatic heterocycles. The smallest absolute Gasteiger partial charge is 0.280 e. The topological polar surface area (TPSA) is 140 Å². The third kappa shape index (κ3) is 5.14. The Morgan fingerprint density at radius 3 is 2.54 bits per heavy atom. The van der Waals surface area contributed by atoms with Crippen LogP contribution in [0.1, 0.15) is 37.7 Å². The van der Waals surface area contributed by atoms with Crippen LogP contribution in [0.3, 0.4) is 0 Å². The summed E-state index contributed by atoms with van der Waals surface area (Å²) in [5, 5.41) is 16.6. The van der Waals surface area contributed by atoms with Crippen molar-refractivity contribution >= 4 is 48.3 Å². The maximum Gasteiger partial charge on any atom is 0.280 e. The first kappa shape index (κ1) is 23.6. The van der Waals surface area contributed by atoms with Gasteiger partial charge in [0, 0.05) is 18.1 Å². The van der Waals surface area contributed by atoms with E-state index in [0.717, 1.165) is 0 Å². The number of aliphatic hydroxyl groups is 1. The number of thiazole rings is 1. The second-order valence-corrected chi connectivity index (χ2v) is 11.8. The number of ether oxygens (including phenoxy) is 1. The zero-order valence-electron chi connectivity index (χ0n) is 18.9. The van der Waals surface area contributed by atoms with Crippen molar-refractivity contribution in [2.45, 2.75) is 54.5 Å². The molecular weight excluding hydrogens is 492 g/mol. The van der Waals surface area contributed by atoms with Crippen LogP contribution in [0.25, 0.3) is 10.3 Å². The molecule has 0 saturated heterocycles. The molecule has 5 rings (SSSR count). The van der Waals surface area contributed by atoms with E-state index >= 15 is 0 Å². The Hall–Kier alpha value is -3.09. The molecule has 2 fully saturated rings. The third-order valence-corrected chi connectivity index (χ3v) is 9.10. The highest BCUT2D eigenvalue weighted by atomic mass is 32.2. The lowest BCUT2D eigenvalue weighted by Gasteiger charge is -2.11. The summed E-state index contributed by atoms with van der Waals surface area (Å²) in [5.41, 5.74) is 0.985. The molecule has 2 aliphatic rings. The number of nitrogens with one attached hydrogen (secondary N) is 1. The number of fused-ring (bicyclic) bond motifs is 1. The van der Waals surface area contributed by atoms with Gasteiger partial charge in [-0.25, -0.2) is 18.4 Å². The van der Waals surface area contributed by atoms with Crippen molar-refractivity contribution in [3.05, 3.63) is 42.0 Å². The average Bonchev–Trinajstić information content (AvgIpc) is 3.52. The molecule has 3 aromatic rings. The van der Waals surface area contributed by atoms with Crippen LogP contribution >= 0.6 is 11.3 Å². The molecule has 2 saturated carbocycles. The summed E-state index contributed by atoms with van der Waals surface area (Å²) in [6.45, 7) is 0. The number of rotatable bonds is 8. The molecule has 2 aliphatic carbocycles. The predicted molar refractivity (Wildman–Crippen MR) is 131 cm³/mol. The van der Waals surface area contributed by atoms with Crippen LogP contribution in [-0.4, -0.2) is 59.7 Å². The van der Waals surface area contributed by atoms with Gasteiger partial charge >= 0.3 is 0 Å². The van der Waals surface area contributed by atoms with Crippen molar-refractivity contribution < 1.29 is 27.9 Å². The molecule has 184 valence electrons. The Balaban J connectivity index is 1.41. The number of amides is 1. The van der Waals surface area contributed by atoms with Gasteiger partial charge in [-0.05, 0) is 43.9 Å². The van der Waals surface area contributed by atoms with E-state index in [1.807, 2.05) is 0 Å². The van der Waals surface area contributed by atoms with E-state index in [1.54, 1.807) is 24.3 Å². The molecule has 0 spiro atoms. The summed E-state index contributed by atoms with van der Waals surface area (Å²) in [6.07, 6.45) is 2.25. The van der Waals surface area contributed by atoms with Gasteiger partial charge in [0.25, 0.3) is 5.91 Å². The minimum absolute atomic E-state index is 0.0217. The monoisotopic (exact) mass is 516 g/mol. The summed E-state index contributed by atoms with van der Waals surface area (Å²) < 4.78 is 30.2. The molecule has 0 unspecified atom stereocenters. The molecule has 35 heavy (non-hydrogen) atoms. The fourth-order valence-electron chi connectivity index (χ4n) is 3.86. The minimum atomic E-state index is -3.35. The Kier molecular flexibility index (Phi) is 6.43. The van der Waals surface area contributed by atoms with Crippen molar-refractivity contribution in [1.29, 1.82) is 0 Å². The van der Waals surface area contributed by atoms with Gasteiger partial charge in [0.2, 0.25) is 5.88 Å². The number of benzene rings is 1. The van der Waals surface area contributed by atoms with Gasteiger partial charge in [-0.1, -0.05) is 28.6 Å². The second-order valence-electron chi connectivity index (χ2n) is 8.55. The van der Waals surface area contributed by atoms with Gasteiger partial charge in [0.1, 0.15) is 16.5 Å². The molecule has 1 amide bonds. The molecule has 2 atom stereocenters. The normalized spacial score (nSPS) is 20.7. The van der Waals surface area contributed by atoms with E-state index in [0.29, 0.717) is 59.0 Å². The van der Waals surface area contributed by atoms with Gasteiger partial charge in [0.15, 0.2) is 20.7 Å². The highest BCUT2D eigenvalue weighted by Gasteiger charge is 2.37. The number of aliphatic hydroxyl groups excluding tert-OH is 1. The quantitative estimate of drug-likeness (QED) is 0.344. The molecule has 2 N–H and O–H groups in total. The lowest BCUT2D eigenvalue weighted by molar-refractivity contribution is -0.110. The second kappa shape index (κ2) is 9.51. The number of methoxy groups -OCH3 is 1. The summed E-state index contributed by atoms with van der Waals surface area (Å²) in [7, 11) is -1.84. The van der Waals surface area contributed by atoms with Crippen LogP contribution in [0.5, 0.6) is 5.88 Å². The number of anilines is 1. The fourth-order valence-corrected chi connectivity index (χ4v) is 6.34. The van der Waals surface area contributed by atoms with Crippen LogP contribution in [0.15, 0.2) is 46.4 Å². The van der Waals surface area contributed by atoms with Crippen molar-refractivity contribution in [2.75, 3.05) is 12.4 Å². The number of hydrogen-bond donors (Lipinski definition) is 2. The lowest BCUT2D eigenvalue weighted by atomic mass is 10.1. The standard InChI is InChI=1S/C23H24N4O6S2/c1-32-19-11-10-18-22(25-19)34-23(24-18)26-21(29)20(27-33-15-5-4-14(28)12-15)13-2-6-16(7-3-13)35(30,31)17-8-9-17/h2-3,6-7,10-11,14-15,17,28H,4-5,8-9,12H2,1H3,(H,24,26,29)/b27-20+/t14-,15-/m1/s1. The number of carbonyl (C=O) groups excluding carboxylic acids is 1. The van der Waals surface area contributed by atoms with Gasteiger partial charge in [-0.15, -0.1) is 0 Å². The first-order valence-electron chi connectivity index (χ1n) is 11.2. The zero-order chi connectivity index (χ0) is 24.6. The zero-order valence-corrected chi connectivity index (χ0v) is 20.5. The van der Waals surface area contributed by atoms with Gasteiger partial charge in [0.05, 0.1) is 23.4 Å². The van der Waals surface area contributed by atoms with Gasteiger partial charge in [-0.3, -0.25) is 10.1 Å². The van der Waals surface area contributed by atoms with Gasteiger partial charge < -0.3 is 14.7 Å². The SMILES string of the molecule is COc1ccc2nc(NC(=O)/C(=N/O[C@@H]3CC[C@@H](O)C3)c3ccc(S(=O)(=O)C4CC4)cc3)sc2n1. The fraction of sp³-hybridized carbons (Fsp3) is 0.391. The Morgan fingerprint density at radius 1 is 1.11 bits per heavy atom. The molecule has 0 bridgehead atoms. The number of aromatic nitrogens is 2. The molecule has 10 nitrogen and oxygen atoms in total. The van der Waals surface area contributed by atoms with E-state index in [9.17, 15) is 18.3 Å². The number of hydrogen-bond acceptors (Lipinski definition) is 10. The molecule has 0 radical (unpaired) electrons. The summed E-state index contributed by atoms with van der Waals surface area (Å²) in [5.74, 6) is -0.123. The van der Waals surface area contributed by atoms with Gasteiger partial charge in [-0.2, -0.15) is 0 Å². The Labute approximate surface area is 205 Å². The summed E-state index contributed by atoms with van der Waals surface area (Å²) in [4.78, 5) is 28.3. The van der Waals surface area contributed by atoms with Crippen LogP contribution < -0.4 is 10.1 Å². The minimum Gasteiger partial charge on any atom is -0.481 e. The van der Waals surface area contributed by atoms with Crippen molar-refractivity contribution in [3.63, 3.8) is 0 Å². The van der Waals surface area contributed by atoms with Crippen molar-refractivity contribution in [2.24, 2.45) is 5.16 Å². The maximum atomic E-state index is 13.2. The molecule has 2 heterocycles. The highest BCUT2D eigenvalue weighted by Crippen LogP contribution is 2.33. The maximum absolute atomic E-state index is 13.2. The number of oxime groups is 1. The number of sulfone groups is 1. The van der Waals surface area contributed by atoms with E-state index < -0.39 is 21.8 Å². The van der Waals surface area contributed by atoms with Crippen molar-refractivity contribution in [3.8, 4) is 5.88 Å². The third-order valence-electron chi connectivity index (χ3n) is 5.94. The molecular formula is C23H24N4O6S2. The molecule has 1 aromatic carbocycles. The van der Waals surface area contributed by atoms with E-state index in [2.05, 4.69) is 20.4 Å². The number of nitrogens with zero attached hydrogens (tertiary/aromatic N) is 3. The Morgan fingerprint density at radius 2 is 1.89 bits per heavy atom. The molecule has 0 aliphatic heterocycles. The number of carbonyl (C=O) groups is 1. The van der Waals surface area contributed by atoms with E-state index in [4.69, 9.17) is 9.57 Å². The predicted octanol–water partition coefficient (Wildman–Crippen LogP) is 2.91. The van der Waals surface area contributed by atoms with Crippen LogP contribution in [-0.2, 0) is 19.5 Å². The summed E-state index contributed by atoms with van der Waals surface area (Å²) >= 11 is 1.19. The molecule has 12 heteroatoms. The van der Waals surface area contributed by atoms with Crippen LogP contribution in [0, 0.1) is 0 Å². The van der Waals surface area contributed by atoms with Crippen LogP contribution in [0.2, 0.25) is 0 Å². The van der Waals surface area contributed by atoms with E-state index in [1.165, 1.54) is 30.6 Å². The van der Waals surface area contributed by atoms with E-state index in [-0.39, 0.29) is 22.0 Å². The highest BCUT2D eigenvalue weighted by molar-refractivity contribution is 7.92. The lowest BCUT2D eigenvalue weighted by Crippen LogP contribution is -2.25. The first-order valence-corrected chi connectivity index (χ1v) is 13.6. The van der Waals surface area contributed by atoms with Crippen LogP contribution in [0.4, 0.5) is 5.13 Å². The summed E-state index contributed by atoms with van der Waals surface area (Å²) in [6, 6.07) is 9.49. The Bertz CT molecular complexity index is 1380. The number of pyridine rings is 1.